The molecule has 0 unspecified atom stereocenters. The van der Waals surface area contributed by atoms with Crippen molar-refractivity contribution in [3.05, 3.63) is 95.8 Å². The summed E-state index contributed by atoms with van der Waals surface area (Å²) in [6, 6.07) is 19.9. The molecule has 1 aromatic heterocycles. The summed E-state index contributed by atoms with van der Waals surface area (Å²) in [7, 11) is 0. The van der Waals surface area contributed by atoms with E-state index in [1.54, 1.807) is 24.3 Å². The second kappa shape index (κ2) is 9.88. The summed E-state index contributed by atoms with van der Waals surface area (Å²) < 4.78 is 42.4. The summed E-state index contributed by atoms with van der Waals surface area (Å²) >= 11 is 0. The lowest BCUT2D eigenvalue weighted by atomic mass is 10.0. The molecule has 37 heavy (non-hydrogen) atoms. The molecule has 0 radical (unpaired) electrons. The van der Waals surface area contributed by atoms with Gasteiger partial charge in [0.2, 0.25) is 0 Å². The lowest BCUT2D eigenvalue weighted by Crippen LogP contribution is -2.30. The SMILES string of the molecule is O=C1c2ccccc2C(=O)N1CCCCc1cccc(-c2ncn(-c3ccc(OC(F)(F)F)cc3)n2)c1. The van der Waals surface area contributed by atoms with E-state index < -0.39 is 6.36 Å². The van der Waals surface area contributed by atoms with Crippen LogP contribution < -0.4 is 4.74 Å². The molecule has 0 saturated heterocycles. The maximum atomic E-state index is 12.5. The number of rotatable bonds is 8. The normalized spacial score (nSPS) is 13.2. The Morgan fingerprint density at radius 2 is 1.54 bits per heavy atom. The summed E-state index contributed by atoms with van der Waals surface area (Å²) in [5.41, 5.74) is 3.31. The highest BCUT2D eigenvalue weighted by Gasteiger charge is 2.34. The number of hydrogen-bond acceptors (Lipinski definition) is 5. The number of fused-ring (bicyclic) bond motifs is 1. The Labute approximate surface area is 210 Å². The van der Waals surface area contributed by atoms with Gasteiger partial charge in [0.1, 0.15) is 12.1 Å². The molecule has 4 aromatic rings. The summed E-state index contributed by atoms with van der Waals surface area (Å²) in [5, 5.41) is 4.44. The van der Waals surface area contributed by atoms with Crippen molar-refractivity contribution in [1.29, 1.82) is 0 Å². The Morgan fingerprint density at radius 1 is 0.838 bits per heavy atom. The van der Waals surface area contributed by atoms with Gasteiger partial charge in [-0.2, -0.15) is 0 Å². The van der Waals surface area contributed by atoms with Crippen molar-refractivity contribution < 1.29 is 27.5 Å². The smallest absolute Gasteiger partial charge is 0.406 e. The maximum Gasteiger partial charge on any atom is 0.573 e. The molecule has 1 aliphatic heterocycles. The number of halogens is 3. The van der Waals surface area contributed by atoms with Gasteiger partial charge in [-0.25, -0.2) is 9.67 Å². The molecule has 7 nitrogen and oxygen atoms in total. The van der Waals surface area contributed by atoms with E-state index in [0.29, 0.717) is 35.6 Å². The number of alkyl halides is 3. The fraction of sp³-hybridized carbons (Fsp3) is 0.185. The minimum Gasteiger partial charge on any atom is -0.406 e. The van der Waals surface area contributed by atoms with Crippen molar-refractivity contribution >= 4 is 11.8 Å². The predicted octanol–water partition coefficient (Wildman–Crippen LogP) is 5.45. The van der Waals surface area contributed by atoms with Gasteiger partial charge in [0, 0.05) is 12.1 Å². The quantitative estimate of drug-likeness (QED) is 0.235. The van der Waals surface area contributed by atoms with Gasteiger partial charge in [0.25, 0.3) is 11.8 Å². The van der Waals surface area contributed by atoms with E-state index in [9.17, 15) is 22.8 Å². The zero-order valence-corrected chi connectivity index (χ0v) is 19.5. The Balaban J connectivity index is 1.18. The molecule has 2 heterocycles. The van der Waals surface area contributed by atoms with E-state index in [2.05, 4.69) is 14.8 Å². The van der Waals surface area contributed by atoms with Gasteiger partial charge in [0.05, 0.1) is 16.8 Å². The molecule has 0 N–H and O–H groups in total. The summed E-state index contributed by atoms with van der Waals surface area (Å²) in [4.78, 5) is 30.6. The number of imide groups is 1. The van der Waals surface area contributed by atoms with Crippen molar-refractivity contribution in [3.63, 3.8) is 0 Å². The van der Waals surface area contributed by atoms with E-state index in [-0.39, 0.29) is 17.6 Å². The van der Waals surface area contributed by atoms with E-state index in [0.717, 1.165) is 24.0 Å². The Bertz CT molecular complexity index is 1410. The first kappa shape index (κ1) is 24.2. The van der Waals surface area contributed by atoms with Crippen molar-refractivity contribution in [1.82, 2.24) is 19.7 Å². The first-order chi connectivity index (χ1) is 17.8. The van der Waals surface area contributed by atoms with Crippen molar-refractivity contribution in [2.75, 3.05) is 6.54 Å². The Hall–Kier alpha value is -4.47. The van der Waals surface area contributed by atoms with Crippen LogP contribution >= 0.6 is 0 Å². The minimum absolute atomic E-state index is 0.244. The van der Waals surface area contributed by atoms with Crippen molar-refractivity contribution in [2.45, 2.75) is 25.6 Å². The van der Waals surface area contributed by atoms with Crippen LogP contribution in [0.25, 0.3) is 17.1 Å². The van der Waals surface area contributed by atoms with Crippen LogP contribution in [-0.2, 0) is 6.42 Å². The predicted molar refractivity (Wildman–Crippen MR) is 128 cm³/mol. The fourth-order valence-corrected chi connectivity index (χ4v) is 4.23. The fourth-order valence-electron chi connectivity index (χ4n) is 4.23. The highest BCUT2D eigenvalue weighted by Crippen LogP contribution is 2.25. The molecule has 0 spiro atoms. The zero-order chi connectivity index (χ0) is 26.0. The van der Waals surface area contributed by atoms with Crippen LogP contribution in [0.1, 0.15) is 39.1 Å². The first-order valence-electron chi connectivity index (χ1n) is 11.6. The van der Waals surface area contributed by atoms with Gasteiger partial charge < -0.3 is 4.74 Å². The maximum absolute atomic E-state index is 12.5. The highest BCUT2D eigenvalue weighted by molar-refractivity contribution is 6.21. The molecule has 188 valence electrons. The summed E-state index contributed by atoms with van der Waals surface area (Å²) in [6.45, 7) is 0.366. The molecule has 10 heteroatoms. The summed E-state index contributed by atoms with van der Waals surface area (Å²) in [5.74, 6) is -0.325. The number of carbonyl (C=O) groups is 2. The van der Waals surface area contributed by atoms with Gasteiger partial charge in [-0.1, -0.05) is 30.3 Å². The Morgan fingerprint density at radius 3 is 2.22 bits per heavy atom. The topological polar surface area (TPSA) is 77.3 Å². The molecular formula is C27H21F3N4O3. The van der Waals surface area contributed by atoms with Crippen molar-refractivity contribution in [3.8, 4) is 22.8 Å². The first-order valence-corrected chi connectivity index (χ1v) is 11.6. The third kappa shape index (κ3) is 5.37. The molecule has 0 atom stereocenters. The molecule has 0 aliphatic carbocycles. The average molecular weight is 506 g/mol. The second-order valence-electron chi connectivity index (χ2n) is 8.52. The molecule has 1 aliphatic rings. The minimum atomic E-state index is -4.75. The number of ether oxygens (including phenoxy) is 1. The van der Waals surface area contributed by atoms with Crippen LogP contribution in [0, 0.1) is 0 Å². The average Bonchev–Trinajstić information content (AvgIpc) is 3.46. The largest absolute Gasteiger partial charge is 0.573 e. The third-order valence-corrected chi connectivity index (χ3v) is 5.99. The molecular weight excluding hydrogens is 485 g/mol. The van der Waals surface area contributed by atoms with Crippen LogP contribution in [0.2, 0.25) is 0 Å². The van der Waals surface area contributed by atoms with E-state index >= 15 is 0 Å². The van der Waals surface area contributed by atoms with Gasteiger partial charge >= 0.3 is 6.36 Å². The number of unbranched alkanes of at least 4 members (excludes halogenated alkanes) is 1. The number of aromatic nitrogens is 3. The van der Waals surface area contributed by atoms with Crippen LogP contribution in [0.5, 0.6) is 5.75 Å². The van der Waals surface area contributed by atoms with Gasteiger partial charge in [-0.05, 0) is 67.3 Å². The lowest BCUT2D eigenvalue weighted by Gasteiger charge is -2.13. The number of nitrogens with zero attached hydrogens (tertiary/aromatic N) is 4. The van der Waals surface area contributed by atoms with E-state index in [1.165, 1.54) is 40.2 Å². The molecule has 2 amide bonds. The third-order valence-electron chi connectivity index (χ3n) is 5.99. The molecule has 0 bridgehead atoms. The van der Waals surface area contributed by atoms with E-state index in [1.807, 2.05) is 24.3 Å². The number of amides is 2. The van der Waals surface area contributed by atoms with Crippen molar-refractivity contribution in [2.24, 2.45) is 0 Å². The molecule has 0 fully saturated rings. The lowest BCUT2D eigenvalue weighted by molar-refractivity contribution is -0.274. The Kier molecular flexibility index (Phi) is 6.47. The summed E-state index contributed by atoms with van der Waals surface area (Å²) in [6.07, 6.45) is -1.05. The number of carbonyl (C=O) groups excluding carboxylic acids is 2. The highest BCUT2D eigenvalue weighted by atomic mass is 19.4. The van der Waals surface area contributed by atoms with Crippen LogP contribution in [0.3, 0.4) is 0 Å². The standard InChI is InChI=1S/C27H21F3N4O3/c28-27(29,30)37-21-13-11-20(12-14-21)34-17-31-24(32-34)19-8-5-7-18(16-19)6-3-4-15-33-25(35)22-9-1-2-10-23(22)26(33)36/h1-2,5,7-14,16-17H,3-4,6,15H2. The zero-order valence-electron chi connectivity index (χ0n) is 19.5. The number of hydrogen-bond donors (Lipinski definition) is 0. The monoisotopic (exact) mass is 506 g/mol. The van der Waals surface area contributed by atoms with Gasteiger partial charge in [0.15, 0.2) is 5.82 Å². The number of benzene rings is 3. The number of aryl methyl sites for hydroxylation is 1. The molecule has 0 saturated carbocycles. The van der Waals surface area contributed by atoms with E-state index in [4.69, 9.17) is 0 Å². The molecule has 5 rings (SSSR count). The van der Waals surface area contributed by atoms with Gasteiger partial charge in [-0.3, -0.25) is 14.5 Å². The van der Waals surface area contributed by atoms with Crippen LogP contribution in [-0.4, -0.2) is 44.4 Å². The van der Waals surface area contributed by atoms with Crippen LogP contribution in [0.4, 0.5) is 13.2 Å². The second-order valence-corrected chi connectivity index (χ2v) is 8.52. The van der Waals surface area contributed by atoms with Gasteiger partial charge in [-0.15, -0.1) is 18.3 Å². The van der Waals surface area contributed by atoms with Crippen LogP contribution in [0.15, 0.2) is 79.1 Å². The molecule has 3 aromatic carbocycles.